The number of amides is 1. The first-order chi connectivity index (χ1) is 11.0. The van der Waals surface area contributed by atoms with Crippen molar-refractivity contribution >= 4 is 23.3 Å². The molecule has 1 saturated heterocycles. The fraction of sp³-hybridized carbons (Fsp3) is 0.529. The van der Waals surface area contributed by atoms with Gasteiger partial charge in [-0.15, -0.1) is 0 Å². The van der Waals surface area contributed by atoms with Crippen LogP contribution in [0, 0.1) is 17.7 Å². The fourth-order valence-corrected chi connectivity index (χ4v) is 3.71. The monoisotopic (exact) mass is 338 g/mol. The quantitative estimate of drug-likeness (QED) is 0.808. The van der Waals surface area contributed by atoms with Crippen LogP contribution in [0.2, 0.25) is 5.02 Å². The Balaban J connectivity index is 1.49. The lowest BCUT2D eigenvalue weighted by molar-refractivity contribution is -0.137. The van der Waals surface area contributed by atoms with Crippen molar-refractivity contribution in [2.24, 2.45) is 11.8 Å². The van der Waals surface area contributed by atoms with Crippen LogP contribution in [-0.4, -0.2) is 30.8 Å². The van der Waals surface area contributed by atoms with Crippen LogP contribution in [0.4, 0.5) is 4.39 Å². The topological polar surface area (TPSA) is 58.2 Å². The van der Waals surface area contributed by atoms with Crippen molar-refractivity contribution in [2.75, 3.05) is 13.1 Å². The normalized spacial score (nSPS) is 26.1. The van der Waals surface area contributed by atoms with Gasteiger partial charge in [0, 0.05) is 25.6 Å². The van der Waals surface area contributed by atoms with Gasteiger partial charge in [-0.2, -0.15) is 0 Å². The SMILES string of the molecule is O=C(Cc1ccc(Cl)c(F)c1)C(=O)NCC1CNC2CCC1C2. The number of carbonyl (C=O) groups is 2. The molecule has 1 aromatic rings. The Morgan fingerprint density at radius 2 is 2.17 bits per heavy atom. The molecule has 0 spiro atoms. The van der Waals surface area contributed by atoms with Gasteiger partial charge in [0.15, 0.2) is 0 Å². The van der Waals surface area contributed by atoms with Crippen LogP contribution in [0.25, 0.3) is 0 Å². The molecule has 2 N–H and O–H groups in total. The van der Waals surface area contributed by atoms with Gasteiger partial charge in [-0.3, -0.25) is 9.59 Å². The molecule has 3 atom stereocenters. The number of rotatable bonds is 5. The molecule has 1 amide bonds. The zero-order valence-corrected chi connectivity index (χ0v) is 13.5. The van der Waals surface area contributed by atoms with Gasteiger partial charge in [0.1, 0.15) is 5.82 Å². The third-order valence-electron chi connectivity index (χ3n) is 4.94. The largest absolute Gasteiger partial charge is 0.349 e. The molecule has 0 radical (unpaired) electrons. The first kappa shape index (κ1) is 16.4. The number of hydrogen-bond donors (Lipinski definition) is 2. The number of carbonyl (C=O) groups excluding carboxylic acids is 2. The van der Waals surface area contributed by atoms with Crippen molar-refractivity contribution in [3.05, 3.63) is 34.6 Å². The van der Waals surface area contributed by atoms with Crippen LogP contribution in [0.3, 0.4) is 0 Å². The molecule has 1 saturated carbocycles. The summed E-state index contributed by atoms with van der Waals surface area (Å²) in [5, 5.41) is 6.21. The average Bonchev–Trinajstić information content (AvgIpc) is 2.92. The van der Waals surface area contributed by atoms with Crippen molar-refractivity contribution in [1.29, 1.82) is 0 Å². The van der Waals surface area contributed by atoms with Crippen LogP contribution >= 0.6 is 11.6 Å². The maximum Gasteiger partial charge on any atom is 0.287 e. The van der Waals surface area contributed by atoms with Gasteiger partial charge < -0.3 is 10.6 Å². The number of hydrogen-bond acceptors (Lipinski definition) is 3. The summed E-state index contributed by atoms with van der Waals surface area (Å²) in [7, 11) is 0. The Labute approximate surface area is 139 Å². The predicted octanol–water partition coefficient (Wildman–Crippen LogP) is 2.09. The molecule has 0 aromatic heterocycles. The van der Waals surface area contributed by atoms with Crippen LogP contribution in [0.15, 0.2) is 18.2 Å². The Hall–Kier alpha value is -1.46. The van der Waals surface area contributed by atoms with Gasteiger partial charge >= 0.3 is 0 Å². The fourth-order valence-electron chi connectivity index (χ4n) is 3.59. The van der Waals surface area contributed by atoms with E-state index in [1.165, 1.54) is 31.4 Å². The average molecular weight is 339 g/mol. The Morgan fingerprint density at radius 1 is 1.35 bits per heavy atom. The first-order valence-corrected chi connectivity index (χ1v) is 8.39. The van der Waals surface area contributed by atoms with Gasteiger partial charge in [-0.25, -0.2) is 4.39 Å². The summed E-state index contributed by atoms with van der Waals surface area (Å²) in [6, 6.07) is 4.77. The van der Waals surface area contributed by atoms with Crippen molar-refractivity contribution in [3.63, 3.8) is 0 Å². The molecule has 6 heteroatoms. The number of benzene rings is 1. The van der Waals surface area contributed by atoms with E-state index in [1.54, 1.807) is 6.07 Å². The Kier molecular flexibility index (Phi) is 4.97. The van der Waals surface area contributed by atoms with E-state index in [2.05, 4.69) is 10.6 Å². The molecule has 1 aliphatic carbocycles. The highest BCUT2D eigenvalue weighted by atomic mass is 35.5. The van der Waals surface area contributed by atoms with Crippen molar-refractivity contribution in [3.8, 4) is 0 Å². The van der Waals surface area contributed by atoms with Gasteiger partial charge in [-0.1, -0.05) is 17.7 Å². The van der Waals surface area contributed by atoms with Gasteiger partial charge in [0.25, 0.3) is 5.91 Å². The summed E-state index contributed by atoms with van der Waals surface area (Å²) >= 11 is 5.60. The molecule has 2 bridgehead atoms. The van der Waals surface area contributed by atoms with Crippen LogP contribution in [0.5, 0.6) is 0 Å². The molecule has 1 aromatic carbocycles. The second-order valence-corrected chi connectivity index (χ2v) is 6.90. The van der Waals surface area contributed by atoms with Gasteiger partial charge in [0.05, 0.1) is 5.02 Å². The number of ketones is 1. The summed E-state index contributed by atoms with van der Waals surface area (Å²) in [6.45, 7) is 1.41. The lowest BCUT2D eigenvalue weighted by Crippen LogP contribution is -2.45. The molecule has 1 heterocycles. The standard InChI is InChI=1S/C17H20ClFN2O2/c18-14-4-1-10(5-15(14)19)6-16(22)17(23)21-9-12-8-20-13-3-2-11(12)7-13/h1,4-5,11-13,20H,2-3,6-9H2,(H,21,23). The van der Waals surface area contributed by atoms with E-state index in [0.717, 1.165) is 6.54 Å². The van der Waals surface area contributed by atoms with E-state index >= 15 is 0 Å². The second kappa shape index (κ2) is 6.97. The van der Waals surface area contributed by atoms with E-state index in [1.807, 2.05) is 0 Å². The van der Waals surface area contributed by atoms with Crippen LogP contribution < -0.4 is 10.6 Å². The third kappa shape index (κ3) is 3.90. The summed E-state index contributed by atoms with van der Waals surface area (Å²) in [6.07, 6.45) is 3.44. The minimum absolute atomic E-state index is 0.00492. The van der Waals surface area contributed by atoms with Gasteiger partial charge in [-0.05, 0) is 48.8 Å². The Bertz CT molecular complexity index is 623. The zero-order valence-electron chi connectivity index (χ0n) is 12.8. The minimum atomic E-state index is -0.597. The molecule has 23 heavy (non-hydrogen) atoms. The summed E-state index contributed by atoms with van der Waals surface area (Å²) in [4.78, 5) is 23.9. The number of Topliss-reactive ketones (excluding diaryl/α,β-unsaturated/α-hetero) is 1. The molecule has 2 fully saturated rings. The van der Waals surface area contributed by atoms with Crippen LogP contribution in [0.1, 0.15) is 24.8 Å². The molecular formula is C17H20ClFN2O2. The summed E-state index contributed by atoms with van der Waals surface area (Å²) in [5.41, 5.74) is 0.449. The number of piperidine rings is 1. The molecule has 2 aliphatic rings. The van der Waals surface area contributed by atoms with E-state index in [0.29, 0.717) is 30.0 Å². The number of fused-ring (bicyclic) bond motifs is 2. The van der Waals surface area contributed by atoms with Gasteiger partial charge in [0.2, 0.25) is 5.78 Å². The highest BCUT2D eigenvalue weighted by molar-refractivity contribution is 6.36. The molecule has 3 rings (SSSR count). The molecular weight excluding hydrogens is 319 g/mol. The molecule has 4 nitrogen and oxygen atoms in total. The number of halogens is 2. The van der Waals surface area contributed by atoms with E-state index in [9.17, 15) is 14.0 Å². The maximum absolute atomic E-state index is 13.4. The highest BCUT2D eigenvalue weighted by Gasteiger charge is 2.35. The van der Waals surface area contributed by atoms with E-state index in [4.69, 9.17) is 11.6 Å². The van der Waals surface area contributed by atoms with Crippen molar-refractivity contribution in [2.45, 2.75) is 31.7 Å². The predicted molar refractivity (Wildman–Crippen MR) is 85.8 cm³/mol. The lowest BCUT2D eigenvalue weighted by atomic mass is 9.88. The molecule has 124 valence electrons. The first-order valence-electron chi connectivity index (χ1n) is 8.01. The van der Waals surface area contributed by atoms with Crippen molar-refractivity contribution in [1.82, 2.24) is 10.6 Å². The third-order valence-corrected chi connectivity index (χ3v) is 5.24. The summed E-state index contributed by atoms with van der Waals surface area (Å²) < 4.78 is 13.4. The van der Waals surface area contributed by atoms with E-state index < -0.39 is 17.5 Å². The van der Waals surface area contributed by atoms with Crippen LogP contribution in [-0.2, 0) is 16.0 Å². The molecule has 3 unspecified atom stereocenters. The minimum Gasteiger partial charge on any atom is -0.349 e. The number of nitrogens with one attached hydrogen (secondary N) is 2. The lowest BCUT2D eigenvalue weighted by Gasteiger charge is -2.29. The molecule has 1 aliphatic heterocycles. The maximum atomic E-state index is 13.4. The second-order valence-electron chi connectivity index (χ2n) is 6.50. The smallest absolute Gasteiger partial charge is 0.287 e. The van der Waals surface area contributed by atoms with E-state index in [-0.39, 0.29) is 11.4 Å². The summed E-state index contributed by atoms with van der Waals surface area (Å²) in [5.74, 6) is -0.706. The highest BCUT2D eigenvalue weighted by Crippen LogP contribution is 2.34. The van der Waals surface area contributed by atoms with Crippen molar-refractivity contribution < 1.29 is 14.0 Å². The zero-order chi connectivity index (χ0) is 16.4. The Morgan fingerprint density at radius 3 is 2.96 bits per heavy atom.